The van der Waals surface area contributed by atoms with Crippen molar-refractivity contribution < 1.29 is 4.79 Å². The van der Waals surface area contributed by atoms with E-state index in [1.165, 1.54) is 11.1 Å². The molecule has 1 aromatic heterocycles. The Hall–Kier alpha value is -2.87. The second-order valence-electron chi connectivity index (χ2n) is 4.21. The van der Waals surface area contributed by atoms with Gasteiger partial charge in [0.1, 0.15) is 5.82 Å². The van der Waals surface area contributed by atoms with Crippen LogP contribution in [0.5, 0.6) is 0 Å². The number of rotatable bonds is 3. The zero-order chi connectivity index (χ0) is 14.5. The number of nitrogens with zero attached hydrogens (tertiary/aromatic N) is 3. The van der Waals surface area contributed by atoms with Crippen LogP contribution in [-0.4, -0.2) is 25.0 Å². The molecule has 1 aromatic carbocycles. The van der Waals surface area contributed by atoms with Crippen molar-refractivity contribution in [1.82, 2.24) is 4.98 Å². The number of anilines is 2. The van der Waals surface area contributed by atoms with Crippen LogP contribution in [0.3, 0.4) is 0 Å². The number of carbonyl (C=O) groups excluding carboxylic acids is 1. The Bertz CT molecular complexity index is 658. The third-order valence-corrected chi connectivity index (χ3v) is 2.93. The van der Waals surface area contributed by atoms with E-state index in [0.717, 1.165) is 0 Å². The van der Waals surface area contributed by atoms with Gasteiger partial charge in [-0.15, -0.1) is 0 Å². The van der Waals surface area contributed by atoms with Gasteiger partial charge in [-0.2, -0.15) is 5.26 Å². The molecule has 0 saturated carbocycles. The van der Waals surface area contributed by atoms with E-state index in [1.807, 2.05) is 0 Å². The molecular formula is C15H14N4O. The summed E-state index contributed by atoms with van der Waals surface area (Å²) in [6.45, 7) is 0. The Balaban J connectivity index is 2.25. The molecule has 0 aliphatic heterocycles. The fourth-order valence-corrected chi connectivity index (χ4v) is 1.76. The number of nitrogens with one attached hydrogen (secondary N) is 1. The molecule has 1 heterocycles. The van der Waals surface area contributed by atoms with Gasteiger partial charge < -0.3 is 10.2 Å². The maximum Gasteiger partial charge on any atom is 0.259 e. The predicted molar refractivity (Wildman–Crippen MR) is 77.7 cm³/mol. The molecule has 5 nitrogen and oxygen atoms in total. The van der Waals surface area contributed by atoms with Gasteiger partial charge in [-0.3, -0.25) is 4.79 Å². The number of benzene rings is 1. The summed E-state index contributed by atoms with van der Waals surface area (Å²) < 4.78 is 0. The number of aromatic nitrogens is 1. The molecule has 5 heteroatoms. The third-order valence-electron chi connectivity index (χ3n) is 2.93. The van der Waals surface area contributed by atoms with Gasteiger partial charge in [-0.05, 0) is 30.3 Å². The summed E-state index contributed by atoms with van der Waals surface area (Å²) in [6.07, 6.45) is 1.53. The van der Waals surface area contributed by atoms with Crippen molar-refractivity contribution in [3.8, 4) is 6.07 Å². The molecule has 0 spiro atoms. The van der Waals surface area contributed by atoms with Crippen LogP contribution in [0, 0.1) is 11.3 Å². The first-order valence-electron chi connectivity index (χ1n) is 6.07. The standard InChI is InChI=1S/C15H14N4O/c1-17-14-7-6-12(10-18-14)15(20)19(2)13-5-3-4-11(8-13)9-16/h3-8,10H,1-2H3,(H,17,18). The number of hydrogen-bond donors (Lipinski definition) is 1. The van der Waals surface area contributed by atoms with Gasteiger partial charge in [0.25, 0.3) is 5.91 Å². The van der Waals surface area contributed by atoms with Crippen LogP contribution in [-0.2, 0) is 0 Å². The second-order valence-corrected chi connectivity index (χ2v) is 4.21. The molecule has 100 valence electrons. The summed E-state index contributed by atoms with van der Waals surface area (Å²) in [5, 5.41) is 11.8. The minimum absolute atomic E-state index is 0.171. The van der Waals surface area contributed by atoms with Crippen molar-refractivity contribution in [1.29, 1.82) is 5.26 Å². The lowest BCUT2D eigenvalue weighted by atomic mass is 10.2. The molecule has 1 amide bonds. The van der Waals surface area contributed by atoms with Gasteiger partial charge in [-0.1, -0.05) is 6.07 Å². The normalized spacial score (nSPS) is 9.65. The fourth-order valence-electron chi connectivity index (χ4n) is 1.76. The number of hydrogen-bond acceptors (Lipinski definition) is 4. The molecule has 0 radical (unpaired) electrons. The van der Waals surface area contributed by atoms with E-state index in [4.69, 9.17) is 5.26 Å². The van der Waals surface area contributed by atoms with E-state index >= 15 is 0 Å². The van der Waals surface area contributed by atoms with E-state index in [9.17, 15) is 4.79 Å². The highest BCUT2D eigenvalue weighted by Crippen LogP contribution is 2.17. The molecule has 0 aliphatic carbocycles. The highest BCUT2D eigenvalue weighted by atomic mass is 16.2. The minimum Gasteiger partial charge on any atom is -0.373 e. The fraction of sp³-hybridized carbons (Fsp3) is 0.133. The lowest BCUT2D eigenvalue weighted by molar-refractivity contribution is 0.0992. The van der Waals surface area contributed by atoms with Crippen LogP contribution in [0.2, 0.25) is 0 Å². The molecular weight excluding hydrogens is 252 g/mol. The first-order chi connectivity index (χ1) is 9.65. The molecule has 20 heavy (non-hydrogen) atoms. The van der Waals surface area contributed by atoms with Gasteiger partial charge in [0.2, 0.25) is 0 Å². The van der Waals surface area contributed by atoms with Gasteiger partial charge in [0.05, 0.1) is 17.2 Å². The number of nitriles is 1. The topological polar surface area (TPSA) is 69.0 Å². The Labute approximate surface area is 117 Å². The SMILES string of the molecule is CNc1ccc(C(=O)N(C)c2cccc(C#N)c2)cn1. The maximum atomic E-state index is 12.3. The number of carbonyl (C=O) groups is 1. The summed E-state index contributed by atoms with van der Waals surface area (Å²) in [7, 11) is 3.44. The highest BCUT2D eigenvalue weighted by molar-refractivity contribution is 6.05. The Morgan fingerprint density at radius 3 is 2.75 bits per heavy atom. The minimum atomic E-state index is -0.171. The van der Waals surface area contributed by atoms with Crippen LogP contribution < -0.4 is 10.2 Å². The summed E-state index contributed by atoms with van der Waals surface area (Å²) >= 11 is 0. The summed E-state index contributed by atoms with van der Waals surface area (Å²) in [4.78, 5) is 17.9. The predicted octanol–water partition coefficient (Wildman–Crippen LogP) is 2.27. The van der Waals surface area contributed by atoms with Crippen molar-refractivity contribution in [2.75, 3.05) is 24.3 Å². The van der Waals surface area contributed by atoms with Gasteiger partial charge in [-0.25, -0.2) is 4.98 Å². The third kappa shape index (κ3) is 2.75. The summed E-state index contributed by atoms with van der Waals surface area (Å²) in [5.74, 6) is 0.533. The average molecular weight is 266 g/mol. The molecule has 0 atom stereocenters. The van der Waals surface area contributed by atoms with E-state index in [0.29, 0.717) is 22.6 Å². The van der Waals surface area contributed by atoms with Gasteiger partial charge in [0, 0.05) is 26.0 Å². The quantitative estimate of drug-likeness (QED) is 0.925. The van der Waals surface area contributed by atoms with Crippen LogP contribution in [0.25, 0.3) is 0 Å². The van der Waals surface area contributed by atoms with Crippen LogP contribution in [0.15, 0.2) is 42.6 Å². The van der Waals surface area contributed by atoms with E-state index in [2.05, 4.69) is 16.4 Å². The summed E-state index contributed by atoms with van der Waals surface area (Å²) in [5.41, 5.74) is 1.69. The first kappa shape index (κ1) is 13.6. The molecule has 0 unspecified atom stereocenters. The van der Waals surface area contributed by atoms with Gasteiger partial charge >= 0.3 is 0 Å². The molecule has 1 N–H and O–H groups in total. The van der Waals surface area contributed by atoms with Crippen molar-refractivity contribution in [3.63, 3.8) is 0 Å². The van der Waals surface area contributed by atoms with Crippen molar-refractivity contribution in [2.24, 2.45) is 0 Å². The number of amides is 1. The van der Waals surface area contributed by atoms with Crippen LogP contribution >= 0.6 is 0 Å². The molecule has 0 bridgehead atoms. The maximum absolute atomic E-state index is 12.3. The number of pyridine rings is 1. The first-order valence-corrected chi connectivity index (χ1v) is 6.07. The summed E-state index contributed by atoms with van der Waals surface area (Å²) in [6, 6.07) is 12.4. The molecule has 0 aliphatic rings. The molecule has 2 rings (SSSR count). The van der Waals surface area contributed by atoms with Gasteiger partial charge in [0.15, 0.2) is 0 Å². The molecule has 0 fully saturated rings. The lowest BCUT2D eigenvalue weighted by Gasteiger charge is -2.17. The van der Waals surface area contributed by atoms with Crippen molar-refractivity contribution in [2.45, 2.75) is 0 Å². The monoisotopic (exact) mass is 266 g/mol. The Kier molecular flexibility index (Phi) is 3.96. The van der Waals surface area contributed by atoms with Crippen LogP contribution in [0.4, 0.5) is 11.5 Å². The van der Waals surface area contributed by atoms with Crippen molar-refractivity contribution in [3.05, 3.63) is 53.7 Å². The molecule has 2 aromatic rings. The Morgan fingerprint density at radius 2 is 2.15 bits per heavy atom. The van der Waals surface area contributed by atoms with Crippen LogP contribution in [0.1, 0.15) is 15.9 Å². The van der Waals surface area contributed by atoms with E-state index < -0.39 is 0 Å². The largest absolute Gasteiger partial charge is 0.373 e. The average Bonchev–Trinajstić information content (AvgIpc) is 2.53. The Morgan fingerprint density at radius 1 is 1.35 bits per heavy atom. The lowest BCUT2D eigenvalue weighted by Crippen LogP contribution is -2.26. The second kappa shape index (κ2) is 5.85. The molecule has 0 saturated heterocycles. The highest BCUT2D eigenvalue weighted by Gasteiger charge is 2.14. The van der Waals surface area contributed by atoms with E-state index in [1.54, 1.807) is 50.5 Å². The van der Waals surface area contributed by atoms with E-state index in [-0.39, 0.29) is 5.91 Å². The van der Waals surface area contributed by atoms with Crippen molar-refractivity contribution >= 4 is 17.4 Å². The smallest absolute Gasteiger partial charge is 0.259 e. The zero-order valence-corrected chi connectivity index (χ0v) is 11.3. The zero-order valence-electron chi connectivity index (χ0n) is 11.3.